The molecule has 0 saturated carbocycles. The molecule has 0 aliphatic carbocycles. The minimum Gasteiger partial charge on any atom is -0.480 e. The molecule has 118 valence electrons. The summed E-state index contributed by atoms with van der Waals surface area (Å²) < 4.78 is 50.3. The van der Waals surface area contributed by atoms with Crippen molar-refractivity contribution in [1.29, 1.82) is 0 Å². The molecular weight excluding hydrogens is 320 g/mol. The van der Waals surface area contributed by atoms with Crippen LogP contribution in [0.4, 0.5) is 5.69 Å². The Morgan fingerprint density at radius 3 is 2.29 bits per heavy atom. The zero-order valence-electron chi connectivity index (χ0n) is 11.7. The standard InChI is InChI=1S/C11H16N2O6S2/c1-8-4-5-9(12-20(16,17)7-11(14)15)6-10(8)21(18,19)13(2)3/h4-6,12H,7H2,1-3H3,(H,14,15). The van der Waals surface area contributed by atoms with E-state index in [1.54, 1.807) is 6.92 Å². The smallest absolute Gasteiger partial charge is 0.320 e. The number of nitrogens with one attached hydrogen (secondary N) is 1. The molecule has 0 aliphatic heterocycles. The molecule has 0 saturated heterocycles. The van der Waals surface area contributed by atoms with Crippen LogP contribution in [0.3, 0.4) is 0 Å². The van der Waals surface area contributed by atoms with Gasteiger partial charge < -0.3 is 5.11 Å². The number of carbonyl (C=O) groups is 1. The second-order valence-electron chi connectivity index (χ2n) is 4.52. The maximum Gasteiger partial charge on any atom is 0.320 e. The molecule has 0 fully saturated rings. The van der Waals surface area contributed by atoms with Gasteiger partial charge in [0.1, 0.15) is 0 Å². The van der Waals surface area contributed by atoms with Crippen molar-refractivity contribution >= 4 is 31.7 Å². The van der Waals surface area contributed by atoms with Crippen LogP contribution in [0.2, 0.25) is 0 Å². The molecule has 0 radical (unpaired) electrons. The Kier molecular flexibility index (Phi) is 4.97. The highest BCUT2D eigenvalue weighted by molar-refractivity contribution is 7.93. The van der Waals surface area contributed by atoms with E-state index in [9.17, 15) is 21.6 Å². The van der Waals surface area contributed by atoms with E-state index in [4.69, 9.17) is 5.11 Å². The molecule has 1 aromatic carbocycles. The van der Waals surface area contributed by atoms with E-state index in [1.807, 2.05) is 4.72 Å². The first-order valence-electron chi connectivity index (χ1n) is 5.71. The maximum atomic E-state index is 12.1. The number of rotatable bonds is 6. The lowest BCUT2D eigenvalue weighted by Gasteiger charge is -2.15. The average Bonchev–Trinajstić information content (AvgIpc) is 2.29. The molecule has 0 spiro atoms. The van der Waals surface area contributed by atoms with Gasteiger partial charge in [-0.05, 0) is 24.6 Å². The van der Waals surface area contributed by atoms with Crippen LogP contribution in [0.1, 0.15) is 5.56 Å². The summed E-state index contributed by atoms with van der Waals surface area (Å²) in [6.07, 6.45) is 0. The van der Waals surface area contributed by atoms with E-state index in [1.165, 1.54) is 26.2 Å². The van der Waals surface area contributed by atoms with Gasteiger partial charge in [-0.25, -0.2) is 21.1 Å². The quantitative estimate of drug-likeness (QED) is 0.758. The topological polar surface area (TPSA) is 121 Å². The zero-order chi connectivity index (χ0) is 16.4. The Labute approximate surface area is 123 Å². The number of hydrogen-bond acceptors (Lipinski definition) is 5. The van der Waals surface area contributed by atoms with Gasteiger partial charge in [0.05, 0.1) is 4.90 Å². The largest absolute Gasteiger partial charge is 0.480 e. The Hall–Kier alpha value is -1.65. The summed E-state index contributed by atoms with van der Waals surface area (Å²) in [7, 11) is -5.10. The summed E-state index contributed by atoms with van der Waals surface area (Å²) >= 11 is 0. The number of hydrogen-bond donors (Lipinski definition) is 2. The van der Waals surface area contributed by atoms with Crippen molar-refractivity contribution in [2.75, 3.05) is 24.6 Å². The van der Waals surface area contributed by atoms with Crippen LogP contribution in [-0.4, -0.2) is 52.1 Å². The van der Waals surface area contributed by atoms with Crippen LogP contribution in [0.5, 0.6) is 0 Å². The van der Waals surface area contributed by atoms with Crippen molar-refractivity contribution in [3.05, 3.63) is 23.8 Å². The number of carboxylic acid groups (broad SMARTS) is 1. The predicted molar refractivity (Wildman–Crippen MR) is 77.1 cm³/mol. The Morgan fingerprint density at radius 2 is 1.81 bits per heavy atom. The van der Waals surface area contributed by atoms with Gasteiger partial charge in [-0.1, -0.05) is 6.07 Å². The third-order valence-corrected chi connectivity index (χ3v) is 5.66. The number of aliphatic carboxylic acids is 1. The molecule has 0 aromatic heterocycles. The number of aryl methyl sites for hydroxylation is 1. The molecule has 0 unspecified atom stereocenters. The predicted octanol–water partition coefficient (Wildman–Crippen LogP) is 0.0716. The second-order valence-corrected chi connectivity index (χ2v) is 8.37. The highest BCUT2D eigenvalue weighted by Gasteiger charge is 2.22. The first-order valence-corrected chi connectivity index (χ1v) is 8.80. The first kappa shape index (κ1) is 17.4. The monoisotopic (exact) mass is 336 g/mol. The van der Waals surface area contributed by atoms with E-state index >= 15 is 0 Å². The summed E-state index contributed by atoms with van der Waals surface area (Å²) in [5, 5.41) is 8.51. The van der Waals surface area contributed by atoms with Crippen LogP contribution >= 0.6 is 0 Å². The van der Waals surface area contributed by atoms with E-state index < -0.39 is 31.8 Å². The van der Waals surface area contributed by atoms with Gasteiger partial charge in [0, 0.05) is 19.8 Å². The number of carboxylic acids is 1. The molecule has 21 heavy (non-hydrogen) atoms. The van der Waals surface area contributed by atoms with E-state index in [0.29, 0.717) is 5.56 Å². The van der Waals surface area contributed by atoms with Gasteiger partial charge in [-0.3, -0.25) is 9.52 Å². The molecule has 0 amide bonds. The average molecular weight is 336 g/mol. The molecule has 0 heterocycles. The Balaban J connectivity index is 3.23. The van der Waals surface area contributed by atoms with Gasteiger partial charge in [0.2, 0.25) is 20.0 Å². The van der Waals surface area contributed by atoms with Gasteiger partial charge in [-0.2, -0.15) is 0 Å². The minimum atomic E-state index is -4.09. The van der Waals surface area contributed by atoms with Gasteiger partial charge in [-0.15, -0.1) is 0 Å². The van der Waals surface area contributed by atoms with Crippen LogP contribution in [0.15, 0.2) is 23.1 Å². The fraction of sp³-hybridized carbons (Fsp3) is 0.364. The first-order chi connectivity index (χ1) is 9.45. The van der Waals surface area contributed by atoms with E-state index in [0.717, 1.165) is 10.4 Å². The van der Waals surface area contributed by atoms with Crippen molar-refractivity contribution < 1.29 is 26.7 Å². The lowest BCUT2D eigenvalue weighted by molar-refractivity contribution is -0.134. The second kappa shape index (κ2) is 6.00. The molecule has 0 aliphatic rings. The number of sulfonamides is 2. The van der Waals surface area contributed by atoms with Crippen molar-refractivity contribution in [1.82, 2.24) is 4.31 Å². The highest BCUT2D eigenvalue weighted by Crippen LogP contribution is 2.23. The fourth-order valence-corrected chi connectivity index (χ4v) is 3.54. The van der Waals surface area contributed by atoms with E-state index in [2.05, 4.69) is 0 Å². The van der Waals surface area contributed by atoms with Gasteiger partial charge in [0.25, 0.3) is 0 Å². The molecule has 1 rings (SSSR count). The lowest BCUT2D eigenvalue weighted by atomic mass is 10.2. The van der Waals surface area contributed by atoms with Gasteiger partial charge in [0.15, 0.2) is 5.75 Å². The van der Waals surface area contributed by atoms with Crippen LogP contribution in [0, 0.1) is 6.92 Å². The molecule has 10 heteroatoms. The molecule has 8 nitrogen and oxygen atoms in total. The molecule has 1 aromatic rings. The van der Waals surface area contributed by atoms with E-state index in [-0.39, 0.29) is 10.6 Å². The molecule has 0 bridgehead atoms. The third-order valence-electron chi connectivity index (χ3n) is 2.53. The van der Waals surface area contributed by atoms with Crippen molar-refractivity contribution in [2.24, 2.45) is 0 Å². The van der Waals surface area contributed by atoms with Crippen molar-refractivity contribution in [2.45, 2.75) is 11.8 Å². The SMILES string of the molecule is Cc1ccc(NS(=O)(=O)CC(=O)O)cc1S(=O)(=O)N(C)C. The minimum absolute atomic E-state index is 0.0118. The summed E-state index contributed by atoms with van der Waals surface area (Å²) in [6.45, 7) is 1.58. The number of nitrogens with zero attached hydrogens (tertiary/aromatic N) is 1. The van der Waals surface area contributed by atoms with Crippen LogP contribution in [-0.2, 0) is 24.8 Å². The summed E-state index contributed by atoms with van der Waals surface area (Å²) in [4.78, 5) is 10.4. The summed E-state index contributed by atoms with van der Waals surface area (Å²) in [5.41, 5.74) is 0.437. The van der Waals surface area contributed by atoms with Crippen LogP contribution < -0.4 is 4.72 Å². The molecular formula is C11H16N2O6S2. The molecule has 2 N–H and O–H groups in total. The number of benzene rings is 1. The number of anilines is 1. The third kappa shape index (κ3) is 4.41. The van der Waals surface area contributed by atoms with Crippen molar-refractivity contribution in [3.63, 3.8) is 0 Å². The van der Waals surface area contributed by atoms with Crippen LogP contribution in [0.25, 0.3) is 0 Å². The Bertz CT molecular complexity index is 753. The Morgan fingerprint density at radius 1 is 1.24 bits per heavy atom. The fourth-order valence-electron chi connectivity index (χ4n) is 1.52. The van der Waals surface area contributed by atoms with Gasteiger partial charge >= 0.3 is 5.97 Å². The molecule has 0 atom stereocenters. The zero-order valence-corrected chi connectivity index (χ0v) is 13.3. The summed E-state index contributed by atoms with van der Waals surface area (Å²) in [6, 6.07) is 3.96. The normalized spacial score (nSPS) is 12.4. The maximum absolute atomic E-state index is 12.1. The highest BCUT2D eigenvalue weighted by atomic mass is 32.2. The summed E-state index contributed by atoms with van der Waals surface area (Å²) in [5.74, 6) is -2.60. The lowest BCUT2D eigenvalue weighted by Crippen LogP contribution is -2.24. The van der Waals surface area contributed by atoms with Crippen molar-refractivity contribution in [3.8, 4) is 0 Å².